The van der Waals surface area contributed by atoms with Crippen LogP contribution in [0.25, 0.3) is 0 Å². The van der Waals surface area contributed by atoms with E-state index in [4.69, 9.17) is 11.6 Å². The van der Waals surface area contributed by atoms with E-state index in [1.54, 1.807) is 0 Å². The molecule has 1 N–H and O–H groups in total. The Morgan fingerprint density at radius 2 is 2.19 bits per heavy atom. The van der Waals surface area contributed by atoms with Crippen molar-refractivity contribution in [2.45, 2.75) is 31.3 Å². The van der Waals surface area contributed by atoms with Gasteiger partial charge in [-0.2, -0.15) is 0 Å². The molecule has 0 bridgehead atoms. The quantitative estimate of drug-likeness (QED) is 0.521. The monoisotopic (exact) mass is 313 g/mol. The minimum atomic E-state index is -0.907. The maximum atomic E-state index is 12.4. The van der Waals surface area contributed by atoms with Crippen LogP contribution in [0.3, 0.4) is 0 Å². The van der Waals surface area contributed by atoms with Crippen LogP contribution in [0.2, 0.25) is 5.15 Å². The summed E-state index contributed by atoms with van der Waals surface area (Å²) in [4.78, 5) is 27.6. The number of aliphatic hydroxyl groups is 1. The molecule has 0 aromatic carbocycles. The number of carbonyl (C=O) groups excluding carboxylic acids is 1. The largest absolute Gasteiger partial charge is 0.388 e. The fourth-order valence-corrected chi connectivity index (χ4v) is 2.91. The van der Waals surface area contributed by atoms with E-state index in [1.807, 2.05) is 0 Å². The van der Waals surface area contributed by atoms with E-state index in [0.717, 1.165) is 12.8 Å². The molecule has 1 aromatic rings. The Bertz CT molecular complexity index is 573. The zero-order valence-corrected chi connectivity index (χ0v) is 12.3. The van der Waals surface area contributed by atoms with Crippen molar-refractivity contribution in [2.75, 3.05) is 13.6 Å². The summed E-state index contributed by atoms with van der Waals surface area (Å²) in [6.07, 6.45) is 4.34. The lowest BCUT2D eigenvalue weighted by molar-refractivity contribution is -0.385. The summed E-state index contributed by atoms with van der Waals surface area (Å²) in [6.45, 7) is 0.142. The second-order valence-electron chi connectivity index (χ2n) is 5.35. The van der Waals surface area contributed by atoms with Gasteiger partial charge in [-0.25, -0.2) is 4.98 Å². The van der Waals surface area contributed by atoms with E-state index in [-0.39, 0.29) is 17.3 Å². The van der Waals surface area contributed by atoms with Crippen LogP contribution in [0.5, 0.6) is 0 Å². The zero-order valence-electron chi connectivity index (χ0n) is 11.6. The number of carbonyl (C=O) groups is 1. The van der Waals surface area contributed by atoms with E-state index in [2.05, 4.69) is 4.98 Å². The summed E-state index contributed by atoms with van der Waals surface area (Å²) in [7, 11) is 1.51. The van der Waals surface area contributed by atoms with Gasteiger partial charge >= 0.3 is 5.69 Å². The third-order valence-electron chi connectivity index (χ3n) is 3.71. The summed E-state index contributed by atoms with van der Waals surface area (Å²) in [5.74, 6) is -0.550. The topological polar surface area (TPSA) is 96.6 Å². The third-order valence-corrected chi connectivity index (χ3v) is 3.98. The van der Waals surface area contributed by atoms with Gasteiger partial charge in [-0.1, -0.05) is 24.4 Å². The molecule has 1 aliphatic rings. The van der Waals surface area contributed by atoms with Crippen molar-refractivity contribution in [3.05, 3.63) is 33.1 Å². The lowest BCUT2D eigenvalue weighted by Gasteiger charge is -2.28. The second-order valence-corrected chi connectivity index (χ2v) is 5.71. The number of likely N-dealkylation sites (N-methyl/N-ethyl adjacent to an activating group) is 1. The normalized spacial score (nSPS) is 16.7. The van der Waals surface area contributed by atoms with E-state index in [9.17, 15) is 20.0 Å². The van der Waals surface area contributed by atoms with Gasteiger partial charge in [-0.05, 0) is 18.9 Å². The summed E-state index contributed by atoms with van der Waals surface area (Å²) in [5.41, 5.74) is -1.53. The Kier molecular flexibility index (Phi) is 4.43. The molecule has 0 spiro atoms. The number of nitro groups is 1. The highest BCUT2D eigenvalue weighted by Crippen LogP contribution is 2.31. The molecule has 1 amide bonds. The molecular formula is C13H16ClN3O4. The number of pyridine rings is 1. The molecular weight excluding hydrogens is 298 g/mol. The molecule has 7 nitrogen and oxygen atoms in total. The molecule has 0 saturated heterocycles. The van der Waals surface area contributed by atoms with Crippen LogP contribution in [-0.4, -0.2) is 45.0 Å². The molecule has 8 heteroatoms. The van der Waals surface area contributed by atoms with Gasteiger partial charge in [-0.3, -0.25) is 14.9 Å². The number of halogens is 1. The fourth-order valence-electron chi connectivity index (χ4n) is 2.68. The standard InChI is InChI=1S/C13H16ClN3O4/c1-16(8-13(19)5-2-3-6-13)12(18)9-4-7-15-11(14)10(9)17(20)21/h4,7,19H,2-3,5-6,8H2,1H3. The van der Waals surface area contributed by atoms with Crippen LogP contribution >= 0.6 is 11.6 Å². The highest BCUT2D eigenvalue weighted by Gasteiger charge is 2.35. The van der Waals surface area contributed by atoms with Crippen LogP contribution in [0, 0.1) is 10.1 Å². The minimum Gasteiger partial charge on any atom is -0.388 e. The number of amides is 1. The average Bonchev–Trinajstić information content (AvgIpc) is 2.83. The first-order valence-electron chi connectivity index (χ1n) is 6.61. The Morgan fingerprint density at radius 1 is 1.57 bits per heavy atom. The van der Waals surface area contributed by atoms with E-state index in [1.165, 1.54) is 24.2 Å². The van der Waals surface area contributed by atoms with Crippen molar-refractivity contribution in [2.24, 2.45) is 0 Å². The van der Waals surface area contributed by atoms with Crippen LogP contribution in [-0.2, 0) is 0 Å². The molecule has 1 heterocycles. The Balaban J connectivity index is 2.23. The van der Waals surface area contributed by atoms with Crippen molar-refractivity contribution in [3.63, 3.8) is 0 Å². The molecule has 0 unspecified atom stereocenters. The summed E-state index contributed by atoms with van der Waals surface area (Å²) >= 11 is 5.70. The Morgan fingerprint density at radius 3 is 2.76 bits per heavy atom. The molecule has 0 aliphatic heterocycles. The Hall–Kier alpha value is -1.73. The lowest BCUT2D eigenvalue weighted by Crippen LogP contribution is -2.42. The predicted molar refractivity (Wildman–Crippen MR) is 76.3 cm³/mol. The van der Waals surface area contributed by atoms with Crippen LogP contribution < -0.4 is 0 Å². The average molecular weight is 314 g/mol. The number of nitrogens with zero attached hydrogens (tertiary/aromatic N) is 3. The van der Waals surface area contributed by atoms with Crippen LogP contribution in [0.4, 0.5) is 5.69 Å². The summed E-state index contributed by atoms with van der Waals surface area (Å²) in [6, 6.07) is 1.27. The van der Waals surface area contributed by atoms with E-state index < -0.39 is 22.1 Å². The number of rotatable bonds is 4. The first-order chi connectivity index (χ1) is 9.84. The molecule has 1 aliphatic carbocycles. The molecule has 0 radical (unpaired) electrons. The summed E-state index contributed by atoms with van der Waals surface area (Å²) < 4.78 is 0. The molecule has 1 aromatic heterocycles. The van der Waals surface area contributed by atoms with Crippen molar-refractivity contribution >= 4 is 23.2 Å². The zero-order chi connectivity index (χ0) is 15.6. The highest BCUT2D eigenvalue weighted by molar-refractivity contribution is 6.32. The maximum absolute atomic E-state index is 12.4. The van der Waals surface area contributed by atoms with Gasteiger partial charge in [0.05, 0.1) is 10.5 Å². The molecule has 0 atom stereocenters. The maximum Gasteiger partial charge on any atom is 0.319 e. The van der Waals surface area contributed by atoms with Crippen LogP contribution in [0.15, 0.2) is 12.3 Å². The first-order valence-corrected chi connectivity index (χ1v) is 6.98. The highest BCUT2D eigenvalue weighted by atomic mass is 35.5. The van der Waals surface area contributed by atoms with Gasteiger partial charge in [0.2, 0.25) is 5.15 Å². The number of hydrogen-bond acceptors (Lipinski definition) is 5. The fraction of sp³-hybridized carbons (Fsp3) is 0.538. The smallest absolute Gasteiger partial charge is 0.319 e. The van der Waals surface area contributed by atoms with E-state index in [0.29, 0.717) is 12.8 Å². The summed E-state index contributed by atoms with van der Waals surface area (Å²) in [5, 5.41) is 21.0. The minimum absolute atomic E-state index is 0.121. The van der Waals surface area contributed by atoms with Crippen LogP contribution in [0.1, 0.15) is 36.0 Å². The van der Waals surface area contributed by atoms with Crippen molar-refractivity contribution in [1.82, 2.24) is 9.88 Å². The SMILES string of the molecule is CN(CC1(O)CCCC1)C(=O)c1ccnc(Cl)c1[N+](=O)[O-]. The van der Waals surface area contributed by atoms with Gasteiger partial charge in [0.1, 0.15) is 5.56 Å². The van der Waals surface area contributed by atoms with Crippen molar-refractivity contribution in [3.8, 4) is 0 Å². The van der Waals surface area contributed by atoms with Gasteiger partial charge in [0.15, 0.2) is 0 Å². The van der Waals surface area contributed by atoms with Gasteiger partial charge in [0, 0.05) is 19.8 Å². The van der Waals surface area contributed by atoms with Gasteiger partial charge < -0.3 is 10.0 Å². The van der Waals surface area contributed by atoms with Gasteiger partial charge in [-0.15, -0.1) is 0 Å². The number of aromatic nitrogens is 1. The Labute approximate surface area is 126 Å². The molecule has 1 fully saturated rings. The van der Waals surface area contributed by atoms with E-state index >= 15 is 0 Å². The molecule has 114 valence electrons. The molecule has 2 rings (SSSR count). The van der Waals surface area contributed by atoms with Gasteiger partial charge in [0.25, 0.3) is 5.91 Å². The lowest BCUT2D eigenvalue weighted by atomic mass is 10.0. The van der Waals surface area contributed by atoms with Crippen molar-refractivity contribution < 1.29 is 14.8 Å². The molecule has 1 saturated carbocycles. The third kappa shape index (κ3) is 3.30. The second kappa shape index (κ2) is 5.95. The number of hydrogen-bond donors (Lipinski definition) is 1. The molecule has 21 heavy (non-hydrogen) atoms. The predicted octanol–water partition coefficient (Wildman–Crippen LogP) is 2.02. The first kappa shape index (κ1) is 15.7. The van der Waals surface area contributed by atoms with Crippen molar-refractivity contribution in [1.29, 1.82) is 0 Å².